The topological polar surface area (TPSA) is 80.3 Å². The maximum atomic E-state index is 12.3. The lowest BCUT2D eigenvalue weighted by Crippen LogP contribution is -2.28. The van der Waals surface area contributed by atoms with Crippen molar-refractivity contribution in [1.82, 2.24) is 0 Å². The first kappa shape index (κ1) is 22.2. The molecular formula is C24H18Br2O4-2. The lowest BCUT2D eigenvalue weighted by molar-refractivity contribution is -0.255. The largest absolute Gasteiger partial charge is 0.545 e. The number of hydrogen-bond donors (Lipinski definition) is 0. The number of carbonyl (C=O) groups is 2. The Labute approximate surface area is 191 Å². The number of carbonyl (C=O) groups excluding carboxylic acids is 2. The summed E-state index contributed by atoms with van der Waals surface area (Å²) in [6.45, 7) is 4.02. The van der Waals surface area contributed by atoms with Crippen LogP contribution in [0.15, 0.2) is 57.5 Å². The van der Waals surface area contributed by atoms with Crippen molar-refractivity contribution in [3.8, 4) is 22.3 Å². The molecule has 3 aromatic rings. The second-order valence-electron chi connectivity index (χ2n) is 6.82. The van der Waals surface area contributed by atoms with Crippen LogP contribution in [-0.4, -0.2) is 11.9 Å². The van der Waals surface area contributed by atoms with Crippen molar-refractivity contribution in [2.45, 2.75) is 26.7 Å². The van der Waals surface area contributed by atoms with E-state index in [0.29, 0.717) is 21.2 Å². The highest BCUT2D eigenvalue weighted by Crippen LogP contribution is 2.40. The molecule has 3 rings (SSSR count). The lowest BCUT2D eigenvalue weighted by Gasteiger charge is -2.22. The molecule has 0 amide bonds. The maximum absolute atomic E-state index is 12.3. The molecule has 6 heteroatoms. The summed E-state index contributed by atoms with van der Waals surface area (Å²) in [4.78, 5) is 24.1. The average Bonchev–Trinajstić information content (AvgIpc) is 2.72. The number of halogens is 2. The Kier molecular flexibility index (Phi) is 6.78. The molecule has 0 N–H and O–H groups in total. The van der Waals surface area contributed by atoms with Gasteiger partial charge in [-0.2, -0.15) is 0 Å². The molecule has 4 nitrogen and oxygen atoms in total. The first-order valence-electron chi connectivity index (χ1n) is 9.45. The zero-order valence-electron chi connectivity index (χ0n) is 16.4. The molecular weight excluding hydrogens is 512 g/mol. The Morgan fingerprint density at radius 3 is 1.67 bits per heavy atom. The molecule has 0 saturated heterocycles. The van der Waals surface area contributed by atoms with E-state index >= 15 is 0 Å². The third-order valence-corrected chi connectivity index (χ3v) is 6.38. The molecule has 0 fully saturated rings. The van der Waals surface area contributed by atoms with E-state index < -0.39 is 11.9 Å². The summed E-state index contributed by atoms with van der Waals surface area (Å²) in [5.41, 5.74) is 3.25. The second kappa shape index (κ2) is 9.14. The van der Waals surface area contributed by atoms with E-state index in [4.69, 9.17) is 0 Å². The second-order valence-corrected chi connectivity index (χ2v) is 8.53. The number of benzene rings is 3. The normalized spacial score (nSPS) is 10.8. The van der Waals surface area contributed by atoms with Gasteiger partial charge in [-0.1, -0.05) is 82.1 Å². The van der Waals surface area contributed by atoms with Gasteiger partial charge >= 0.3 is 0 Å². The summed E-state index contributed by atoms with van der Waals surface area (Å²) in [6, 6.07) is 13.9. The highest BCUT2D eigenvalue weighted by molar-refractivity contribution is 9.11. The van der Waals surface area contributed by atoms with Crippen LogP contribution in [0.25, 0.3) is 22.3 Å². The van der Waals surface area contributed by atoms with Crippen LogP contribution in [0.5, 0.6) is 0 Å². The van der Waals surface area contributed by atoms with E-state index in [1.165, 1.54) is 12.1 Å². The molecule has 30 heavy (non-hydrogen) atoms. The molecule has 3 aromatic carbocycles. The van der Waals surface area contributed by atoms with Crippen molar-refractivity contribution >= 4 is 43.8 Å². The number of aromatic carboxylic acids is 2. The van der Waals surface area contributed by atoms with Crippen LogP contribution in [0, 0.1) is 0 Å². The van der Waals surface area contributed by atoms with E-state index in [0.717, 1.165) is 28.4 Å². The van der Waals surface area contributed by atoms with Crippen LogP contribution < -0.4 is 10.2 Å². The lowest BCUT2D eigenvalue weighted by atomic mass is 9.87. The summed E-state index contributed by atoms with van der Waals surface area (Å²) in [5, 5.41) is 24.1. The van der Waals surface area contributed by atoms with E-state index in [1.807, 2.05) is 44.2 Å². The van der Waals surface area contributed by atoms with Crippen molar-refractivity contribution in [3.05, 3.63) is 79.7 Å². The van der Waals surface area contributed by atoms with Crippen LogP contribution in [0.1, 0.15) is 45.7 Å². The highest BCUT2D eigenvalue weighted by atomic mass is 79.9. The molecule has 0 heterocycles. The minimum Gasteiger partial charge on any atom is -0.545 e. The summed E-state index contributed by atoms with van der Waals surface area (Å²) in [5.74, 6) is -2.91. The molecule has 154 valence electrons. The minimum atomic E-state index is -1.46. The fourth-order valence-electron chi connectivity index (χ4n) is 3.47. The van der Waals surface area contributed by atoms with E-state index in [2.05, 4.69) is 31.9 Å². The molecule has 0 spiro atoms. The SMILES string of the molecule is CCc1ccc(-c2ccc(C(=O)[O-])c(-c3ccc(CC)cc3Br)c2C(=O)[O-])c(Br)c1. The van der Waals surface area contributed by atoms with Crippen molar-refractivity contribution < 1.29 is 19.8 Å². The van der Waals surface area contributed by atoms with Gasteiger partial charge in [-0.05, 0) is 52.8 Å². The first-order valence-corrected chi connectivity index (χ1v) is 11.0. The Morgan fingerprint density at radius 1 is 0.733 bits per heavy atom. The van der Waals surface area contributed by atoms with Crippen molar-refractivity contribution in [3.63, 3.8) is 0 Å². The molecule has 0 radical (unpaired) electrons. The number of rotatable bonds is 6. The quantitative estimate of drug-likeness (QED) is 0.474. The van der Waals surface area contributed by atoms with Crippen LogP contribution in [0.2, 0.25) is 0 Å². The summed E-state index contributed by atoms with van der Waals surface area (Å²) >= 11 is 6.99. The van der Waals surface area contributed by atoms with Crippen molar-refractivity contribution in [1.29, 1.82) is 0 Å². The predicted molar refractivity (Wildman–Crippen MR) is 120 cm³/mol. The Bertz CT molecular complexity index is 1150. The highest BCUT2D eigenvalue weighted by Gasteiger charge is 2.21. The van der Waals surface area contributed by atoms with Gasteiger partial charge in [-0.15, -0.1) is 0 Å². The summed E-state index contributed by atoms with van der Waals surface area (Å²) in [7, 11) is 0. The standard InChI is InChI=1S/C24H20Br2O4/c1-3-13-5-7-15(19(25)11-13)16-9-10-18(23(27)28)21(22(16)24(29)30)17-8-6-14(4-2)12-20(17)26/h5-12H,3-4H2,1-2H3,(H,27,28)(H,29,30)/p-2. The smallest absolute Gasteiger partial charge is 0.0728 e. The van der Waals surface area contributed by atoms with Gasteiger partial charge in [-0.3, -0.25) is 0 Å². The molecule has 0 saturated carbocycles. The predicted octanol–water partition coefficient (Wildman–Crippen LogP) is 4.40. The molecule has 0 atom stereocenters. The fourth-order valence-corrected chi connectivity index (χ4v) is 4.73. The van der Waals surface area contributed by atoms with Gasteiger partial charge in [0.15, 0.2) is 0 Å². The fraction of sp³-hybridized carbons (Fsp3) is 0.167. The van der Waals surface area contributed by atoms with Gasteiger partial charge in [-0.25, -0.2) is 0 Å². The zero-order valence-corrected chi connectivity index (χ0v) is 19.6. The minimum absolute atomic E-state index is 0.0634. The van der Waals surface area contributed by atoms with Crippen LogP contribution in [-0.2, 0) is 12.8 Å². The van der Waals surface area contributed by atoms with Gasteiger partial charge in [0, 0.05) is 25.6 Å². The summed E-state index contributed by atoms with van der Waals surface area (Å²) in [6.07, 6.45) is 1.62. The van der Waals surface area contributed by atoms with Crippen LogP contribution in [0.3, 0.4) is 0 Å². The van der Waals surface area contributed by atoms with Gasteiger partial charge in [0.05, 0.1) is 11.9 Å². The van der Waals surface area contributed by atoms with E-state index in [1.54, 1.807) is 6.07 Å². The zero-order chi connectivity index (χ0) is 22.0. The monoisotopic (exact) mass is 528 g/mol. The van der Waals surface area contributed by atoms with Crippen molar-refractivity contribution in [2.75, 3.05) is 0 Å². The Balaban J connectivity index is 2.40. The number of carboxylic acid groups (broad SMARTS) is 2. The van der Waals surface area contributed by atoms with E-state index in [9.17, 15) is 19.8 Å². The average molecular weight is 530 g/mol. The molecule has 0 unspecified atom stereocenters. The molecule has 0 bridgehead atoms. The van der Waals surface area contributed by atoms with Gasteiger partial charge < -0.3 is 19.8 Å². The first-order chi connectivity index (χ1) is 14.3. The van der Waals surface area contributed by atoms with Gasteiger partial charge in [0.2, 0.25) is 0 Å². The maximum Gasteiger partial charge on any atom is 0.0728 e. The third kappa shape index (κ3) is 4.20. The molecule has 0 aliphatic carbocycles. The number of hydrogen-bond acceptors (Lipinski definition) is 4. The Hall–Kier alpha value is -2.44. The van der Waals surface area contributed by atoms with Gasteiger partial charge in [0.1, 0.15) is 0 Å². The van der Waals surface area contributed by atoms with Crippen LogP contribution in [0.4, 0.5) is 0 Å². The van der Waals surface area contributed by atoms with Crippen molar-refractivity contribution in [2.24, 2.45) is 0 Å². The Morgan fingerprint density at radius 2 is 1.23 bits per heavy atom. The third-order valence-electron chi connectivity index (χ3n) is 5.07. The molecule has 0 aliphatic rings. The van der Waals surface area contributed by atoms with Gasteiger partial charge in [0.25, 0.3) is 0 Å². The molecule has 0 aliphatic heterocycles. The summed E-state index contributed by atoms with van der Waals surface area (Å²) < 4.78 is 1.32. The number of carboxylic acids is 2. The van der Waals surface area contributed by atoms with Crippen LogP contribution >= 0.6 is 31.9 Å². The molecule has 0 aromatic heterocycles. The van der Waals surface area contributed by atoms with E-state index in [-0.39, 0.29) is 16.7 Å². The number of aryl methyl sites for hydroxylation is 2.